The van der Waals surface area contributed by atoms with E-state index in [-0.39, 0.29) is 6.10 Å². The Balaban J connectivity index is 2.07. The molecular weight excluding hydrogens is 356 g/mol. The smallest absolute Gasteiger partial charge is 0.162 e. The molecule has 1 heterocycles. The number of nitrogens with one attached hydrogen (secondary N) is 1. The molecule has 1 aromatic carbocycles. The quantitative estimate of drug-likeness (QED) is 0.742. The van der Waals surface area contributed by atoms with Crippen LogP contribution in [0.1, 0.15) is 31.9 Å². The van der Waals surface area contributed by atoms with Gasteiger partial charge < -0.3 is 14.8 Å². The van der Waals surface area contributed by atoms with Gasteiger partial charge in [-0.15, -0.1) is 0 Å². The molecule has 4 nitrogen and oxygen atoms in total. The van der Waals surface area contributed by atoms with Crippen molar-refractivity contribution in [3.05, 3.63) is 52.3 Å². The van der Waals surface area contributed by atoms with Crippen molar-refractivity contribution in [2.45, 2.75) is 40.0 Å². The van der Waals surface area contributed by atoms with Gasteiger partial charge in [0.15, 0.2) is 11.5 Å². The zero-order chi connectivity index (χ0) is 16.7. The first-order chi connectivity index (χ1) is 11.1. The molecule has 0 aliphatic heterocycles. The summed E-state index contributed by atoms with van der Waals surface area (Å²) in [6.45, 7) is 8.14. The topological polar surface area (TPSA) is 43.4 Å². The first-order valence-corrected chi connectivity index (χ1v) is 8.61. The van der Waals surface area contributed by atoms with E-state index in [0.717, 1.165) is 34.6 Å². The summed E-state index contributed by atoms with van der Waals surface area (Å²) in [5.41, 5.74) is 2.35. The zero-order valence-electron chi connectivity index (χ0n) is 13.8. The van der Waals surface area contributed by atoms with E-state index in [1.165, 1.54) is 5.56 Å². The van der Waals surface area contributed by atoms with E-state index in [1.807, 2.05) is 45.0 Å². The molecule has 2 aromatic rings. The van der Waals surface area contributed by atoms with E-state index in [2.05, 4.69) is 26.2 Å². The third-order valence-corrected chi connectivity index (χ3v) is 3.91. The fourth-order valence-electron chi connectivity index (χ4n) is 2.17. The maximum Gasteiger partial charge on any atom is 0.162 e. The van der Waals surface area contributed by atoms with Crippen LogP contribution in [-0.2, 0) is 13.1 Å². The SMILES string of the molecule is CCOc1cc(CNCc2ccncc2)c(Br)cc1OC(C)C. The Hall–Kier alpha value is -1.59. The summed E-state index contributed by atoms with van der Waals surface area (Å²) >= 11 is 3.62. The third-order valence-electron chi connectivity index (χ3n) is 3.17. The van der Waals surface area contributed by atoms with Gasteiger partial charge in [0.2, 0.25) is 0 Å². The van der Waals surface area contributed by atoms with Crippen LogP contribution in [0, 0.1) is 0 Å². The molecule has 5 heteroatoms. The molecule has 0 unspecified atom stereocenters. The molecule has 0 radical (unpaired) electrons. The summed E-state index contributed by atoms with van der Waals surface area (Å²) in [5.74, 6) is 1.55. The van der Waals surface area contributed by atoms with Gasteiger partial charge in [0, 0.05) is 30.0 Å². The second kappa shape index (κ2) is 8.89. The third kappa shape index (κ3) is 5.52. The minimum atomic E-state index is 0.108. The van der Waals surface area contributed by atoms with E-state index >= 15 is 0 Å². The number of hydrogen-bond donors (Lipinski definition) is 1. The highest BCUT2D eigenvalue weighted by Crippen LogP contribution is 2.34. The average molecular weight is 379 g/mol. The number of benzene rings is 1. The Morgan fingerprint density at radius 1 is 1.13 bits per heavy atom. The molecule has 124 valence electrons. The minimum absolute atomic E-state index is 0.108. The van der Waals surface area contributed by atoms with Crippen molar-refractivity contribution in [1.82, 2.24) is 10.3 Å². The fourth-order valence-corrected chi connectivity index (χ4v) is 2.63. The molecule has 0 amide bonds. The van der Waals surface area contributed by atoms with Crippen LogP contribution in [0.4, 0.5) is 0 Å². The van der Waals surface area contributed by atoms with Gasteiger partial charge in [0.1, 0.15) is 0 Å². The van der Waals surface area contributed by atoms with Gasteiger partial charge in [-0.25, -0.2) is 0 Å². The van der Waals surface area contributed by atoms with Crippen molar-refractivity contribution in [1.29, 1.82) is 0 Å². The largest absolute Gasteiger partial charge is 0.490 e. The van der Waals surface area contributed by atoms with Gasteiger partial charge in [0.05, 0.1) is 12.7 Å². The Morgan fingerprint density at radius 3 is 2.52 bits per heavy atom. The van der Waals surface area contributed by atoms with Gasteiger partial charge in [-0.2, -0.15) is 0 Å². The van der Waals surface area contributed by atoms with Crippen molar-refractivity contribution in [3.8, 4) is 11.5 Å². The van der Waals surface area contributed by atoms with Crippen LogP contribution in [0.15, 0.2) is 41.1 Å². The van der Waals surface area contributed by atoms with Gasteiger partial charge >= 0.3 is 0 Å². The highest BCUT2D eigenvalue weighted by molar-refractivity contribution is 9.10. The van der Waals surface area contributed by atoms with E-state index in [4.69, 9.17) is 9.47 Å². The lowest BCUT2D eigenvalue weighted by Gasteiger charge is -2.17. The highest BCUT2D eigenvalue weighted by atomic mass is 79.9. The number of halogens is 1. The van der Waals surface area contributed by atoms with Crippen LogP contribution >= 0.6 is 15.9 Å². The van der Waals surface area contributed by atoms with Crippen LogP contribution in [0.3, 0.4) is 0 Å². The molecule has 0 saturated heterocycles. The van der Waals surface area contributed by atoms with Gasteiger partial charge in [-0.05, 0) is 56.2 Å². The van der Waals surface area contributed by atoms with Crippen LogP contribution in [0.5, 0.6) is 11.5 Å². The predicted octanol–water partition coefficient (Wildman–Crippen LogP) is 4.32. The minimum Gasteiger partial charge on any atom is -0.490 e. The molecule has 1 N–H and O–H groups in total. The van der Waals surface area contributed by atoms with Crippen molar-refractivity contribution in [2.24, 2.45) is 0 Å². The molecule has 0 bridgehead atoms. The monoisotopic (exact) mass is 378 g/mol. The second-order valence-electron chi connectivity index (χ2n) is 5.45. The molecule has 0 aliphatic rings. The molecule has 1 aromatic heterocycles. The first-order valence-electron chi connectivity index (χ1n) is 7.81. The molecule has 0 spiro atoms. The maximum absolute atomic E-state index is 5.83. The van der Waals surface area contributed by atoms with Crippen LogP contribution in [-0.4, -0.2) is 17.7 Å². The predicted molar refractivity (Wildman–Crippen MR) is 95.9 cm³/mol. The van der Waals surface area contributed by atoms with Crippen molar-refractivity contribution in [2.75, 3.05) is 6.61 Å². The van der Waals surface area contributed by atoms with Crippen LogP contribution in [0.2, 0.25) is 0 Å². The van der Waals surface area contributed by atoms with E-state index in [0.29, 0.717) is 6.61 Å². The van der Waals surface area contributed by atoms with Crippen LogP contribution in [0.25, 0.3) is 0 Å². The summed E-state index contributed by atoms with van der Waals surface area (Å²) in [7, 11) is 0. The van der Waals surface area contributed by atoms with E-state index < -0.39 is 0 Å². The maximum atomic E-state index is 5.83. The zero-order valence-corrected chi connectivity index (χ0v) is 15.4. The summed E-state index contributed by atoms with van der Waals surface area (Å²) in [6, 6.07) is 8.03. The Labute approximate surface area is 146 Å². The van der Waals surface area contributed by atoms with E-state index in [9.17, 15) is 0 Å². The van der Waals surface area contributed by atoms with Gasteiger partial charge in [0.25, 0.3) is 0 Å². The number of rotatable bonds is 8. The molecule has 0 atom stereocenters. The summed E-state index contributed by atoms with van der Waals surface area (Å²) in [5, 5.41) is 3.43. The standard InChI is InChI=1S/C18H23BrN2O2/c1-4-22-17-9-15(16(19)10-18(17)23-13(2)3)12-21-11-14-5-7-20-8-6-14/h5-10,13,21H,4,11-12H2,1-3H3. The van der Waals surface area contributed by atoms with E-state index in [1.54, 1.807) is 12.4 Å². The lowest BCUT2D eigenvalue weighted by Crippen LogP contribution is -2.14. The summed E-state index contributed by atoms with van der Waals surface area (Å²) in [6.07, 6.45) is 3.72. The summed E-state index contributed by atoms with van der Waals surface area (Å²) in [4.78, 5) is 4.03. The average Bonchev–Trinajstić information content (AvgIpc) is 2.52. The number of aromatic nitrogens is 1. The Bertz CT molecular complexity index is 618. The fraction of sp³-hybridized carbons (Fsp3) is 0.389. The molecular formula is C18H23BrN2O2. The van der Waals surface area contributed by atoms with Crippen molar-refractivity contribution >= 4 is 15.9 Å². The lowest BCUT2D eigenvalue weighted by molar-refractivity contribution is 0.223. The Kier molecular flexibility index (Phi) is 6.86. The molecule has 0 saturated carbocycles. The number of pyridine rings is 1. The number of nitrogens with zero attached hydrogens (tertiary/aromatic N) is 1. The lowest BCUT2D eigenvalue weighted by atomic mass is 10.2. The van der Waals surface area contributed by atoms with Crippen molar-refractivity contribution in [3.63, 3.8) is 0 Å². The normalized spacial score (nSPS) is 10.8. The molecule has 23 heavy (non-hydrogen) atoms. The summed E-state index contributed by atoms with van der Waals surface area (Å²) < 4.78 is 12.6. The van der Waals surface area contributed by atoms with Crippen molar-refractivity contribution < 1.29 is 9.47 Å². The second-order valence-corrected chi connectivity index (χ2v) is 6.30. The highest BCUT2D eigenvalue weighted by Gasteiger charge is 2.12. The van der Waals surface area contributed by atoms with Gasteiger partial charge in [-0.3, -0.25) is 4.98 Å². The van der Waals surface area contributed by atoms with Crippen LogP contribution < -0.4 is 14.8 Å². The number of hydrogen-bond acceptors (Lipinski definition) is 4. The first kappa shape index (κ1) is 17.8. The number of ether oxygens (including phenoxy) is 2. The molecule has 2 rings (SSSR count). The van der Waals surface area contributed by atoms with Gasteiger partial charge in [-0.1, -0.05) is 15.9 Å². The molecule has 0 aliphatic carbocycles. The Morgan fingerprint density at radius 2 is 1.87 bits per heavy atom. The molecule has 0 fully saturated rings.